The van der Waals surface area contributed by atoms with E-state index in [2.05, 4.69) is 10.3 Å². The summed E-state index contributed by atoms with van der Waals surface area (Å²) in [7, 11) is 0. The lowest BCUT2D eigenvalue weighted by molar-refractivity contribution is 1.29. The molecule has 0 atom stereocenters. The van der Waals surface area contributed by atoms with Gasteiger partial charge in [-0.1, -0.05) is 23.7 Å². The monoisotopic (exact) mass is 258 g/mol. The molecule has 1 heterocycles. The number of para-hydroxylation sites is 1. The second-order valence-corrected chi connectivity index (χ2v) is 4.20. The first-order valence-corrected chi connectivity index (χ1v) is 5.68. The van der Waals surface area contributed by atoms with E-state index in [1.807, 2.05) is 25.1 Å². The summed E-state index contributed by atoms with van der Waals surface area (Å²) in [5.74, 6) is 0.435. The van der Waals surface area contributed by atoms with Crippen molar-refractivity contribution in [2.45, 2.75) is 6.92 Å². The Morgan fingerprint density at radius 2 is 2.17 bits per heavy atom. The van der Waals surface area contributed by atoms with Crippen LogP contribution in [0, 0.1) is 18.3 Å². The number of pyridine rings is 1. The summed E-state index contributed by atoms with van der Waals surface area (Å²) in [5.41, 5.74) is 8.28. The number of aryl methyl sites for hydroxylation is 1. The maximum absolute atomic E-state index is 8.91. The highest BCUT2D eigenvalue weighted by molar-refractivity contribution is 6.33. The summed E-state index contributed by atoms with van der Waals surface area (Å²) >= 11 is 6.11. The quantitative estimate of drug-likeness (QED) is 0.867. The van der Waals surface area contributed by atoms with Crippen LogP contribution in [0.25, 0.3) is 0 Å². The van der Waals surface area contributed by atoms with E-state index in [4.69, 9.17) is 22.6 Å². The molecular formula is C13H11ClN4. The molecule has 0 bridgehead atoms. The first-order chi connectivity index (χ1) is 8.63. The fraction of sp³-hybridized carbons (Fsp3) is 0.0769. The minimum Gasteiger partial charge on any atom is -0.395 e. The zero-order valence-corrected chi connectivity index (χ0v) is 10.5. The lowest BCUT2D eigenvalue weighted by Crippen LogP contribution is -2.02. The van der Waals surface area contributed by atoms with Crippen molar-refractivity contribution in [3.05, 3.63) is 46.6 Å². The van der Waals surface area contributed by atoms with Crippen LogP contribution in [0.15, 0.2) is 30.5 Å². The second kappa shape index (κ2) is 4.94. The first kappa shape index (κ1) is 12.2. The summed E-state index contributed by atoms with van der Waals surface area (Å²) < 4.78 is 0. The van der Waals surface area contributed by atoms with Crippen molar-refractivity contribution in [3.63, 3.8) is 0 Å². The Labute approximate surface area is 110 Å². The average Bonchev–Trinajstić information content (AvgIpc) is 2.36. The van der Waals surface area contributed by atoms with Gasteiger partial charge >= 0.3 is 0 Å². The highest BCUT2D eigenvalue weighted by Crippen LogP contribution is 2.30. The molecule has 5 heteroatoms. The van der Waals surface area contributed by atoms with Crippen LogP contribution in [0.5, 0.6) is 0 Å². The Balaban J connectivity index is 2.44. The molecule has 0 unspecified atom stereocenters. The molecule has 0 saturated carbocycles. The van der Waals surface area contributed by atoms with Gasteiger partial charge in [0.25, 0.3) is 0 Å². The van der Waals surface area contributed by atoms with Crippen molar-refractivity contribution >= 4 is 28.8 Å². The predicted molar refractivity (Wildman–Crippen MR) is 72.8 cm³/mol. The topological polar surface area (TPSA) is 74.7 Å². The standard InChI is InChI=1S/C13H11ClN4/c1-8-3-2-4-10(14)12(8)18-13-11(16)9(7-15)5-6-17-13/h2-6H,16H2,1H3,(H,17,18). The molecule has 18 heavy (non-hydrogen) atoms. The molecule has 0 fully saturated rings. The number of nitriles is 1. The summed E-state index contributed by atoms with van der Waals surface area (Å²) in [4.78, 5) is 4.12. The fourth-order valence-corrected chi connectivity index (χ4v) is 1.85. The van der Waals surface area contributed by atoms with Crippen molar-refractivity contribution in [1.29, 1.82) is 5.26 Å². The number of anilines is 3. The summed E-state index contributed by atoms with van der Waals surface area (Å²) in [6.07, 6.45) is 1.53. The maximum Gasteiger partial charge on any atom is 0.154 e. The van der Waals surface area contributed by atoms with Gasteiger partial charge in [-0.15, -0.1) is 0 Å². The molecule has 4 nitrogen and oxygen atoms in total. The number of nitrogen functional groups attached to an aromatic ring is 1. The van der Waals surface area contributed by atoms with Gasteiger partial charge < -0.3 is 11.1 Å². The number of nitrogens with zero attached hydrogens (tertiary/aromatic N) is 2. The normalized spacial score (nSPS) is 9.83. The SMILES string of the molecule is Cc1cccc(Cl)c1Nc1nccc(C#N)c1N. The van der Waals surface area contributed by atoms with Crippen molar-refractivity contribution in [2.24, 2.45) is 0 Å². The van der Waals surface area contributed by atoms with Crippen molar-refractivity contribution in [1.82, 2.24) is 4.98 Å². The van der Waals surface area contributed by atoms with E-state index >= 15 is 0 Å². The molecule has 0 amide bonds. The summed E-state index contributed by atoms with van der Waals surface area (Å²) in [6, 6.07) is 9.16. The molecule has 2 aromatic rings. The minimum atomic E-state index is 0.319. The largest absolute Gasteiger partial charge is 0.395 e. The van der Waals surface area contributed by atoms with Crippen LogP contribution in [0.2, 0.25) is 5.02 Å². The molecular weight excluding hydrogens is 248 g/mol. The van der Waals surface area contributed by atoms with Gasteiger partial charge in [0.1, 0.15) is 6.07 Å². The van der Waals surface area contributed by atoms with E-state index in [1.165, 1.54) is 6.20 Å². The first-order valence-electron chi connectivity index (χ1n) is 5.30. The van der Waals surface area contributed by atoms with Gasteiger partial charge in [0.15, 0.2) is 5.82 Å². The number of aromatic nitrogens is 1. The number of halogens is 1. The fourth-order valence-electron chi connectivity index (χ4n) is 1.58. The van der Waals surface area contributed by atoms with Gasteiger partial charge in [0.2, 0.25) is 0 Å². The summed E-state index contributed by atoms with van der Waals surface area (Å²) in [5, 5.41) is 12.6. The lowest BCUT2D eigenvalue weighted by Gasteiger charge is -2.12. The Hall–Kier alpha value is -2.25. The van der Waals surface area contributed by atoms with Gasteiger partial charge in [0, 0.05) is 6.20 Å². The van der Waals surface area contributed by atoms with Gasteiger partial charge in [-0.2, -0.15) is 5.26 Å². The third-order valence-corrected chi connectivity index (χ3v) is 2.89. The van der Waals surface area contributed by atoms with E-state index < -0.39 is 0 Å². The number of nitrogens with one attached hydrogen (secondary N) is 1. The zero-order valence-electron chi connectivity index (χ0n) is 9.74. The maximum atomic E-state index is 8.91. The highest BCUT2D eigenvalue weighted by atomic mass is 35.5. The number of nitrogens with two attached hydrogens (primary N) is 1. The van der Waals surface area contributed by atoms with Crippen LogP contribution in [0.3, 0.4) is 0 Å². The molecule has 0 aliphatic carbocycles. The van der Waals surface area contributed by atoms with E-state index in [1.54, 1.807) is 12.1 Å². The second-order valence-electron chi connectivity index (χ2n) is 3.79. The Morgan fingerprint density at radius 1 is 1.39 bits per heavy atom. The van der Waals surface area contributed by atoms with Crippen LogP contribution in [0.1, 0.15) is 11.1 Å². The third kappa shape index (κ3) is 2.22. The molecule has 3 N–H and O–H groups in total. The molecule has 0 radical (unpaired) electrons. The zero-order chi connectivity index (χ0) is 13.1. The average molecular weight is 259 g/mol. The van der Waals surface area contributed by atoms with Crippen LogP contribution < -0.4 is 11.1 Å². The van der Waals surface area contributed by atoms with E-state index in [-0.39, 0.29) is 0 Å². The van der Waals surface area contributed by atoms with E-state index in [0.717, 1.165) is 11.3 Å². The Morgan fingerprint density at radius 3 is 2.83 bits per heavy atom. The van der Waals surface area contributed by atoms with Gasteiger partial charge in [0.05, 0.1) is 22.0 Å². The molecule has 90 valence electrons. The highest BCUT2D eigenvalue weighted by Gasteiger charge is 2.09. The molecule has 2 rings (SSSR count). The van der Waals surface area contributed by atoms with Crippen LogP contribution in [-0.2, 0) is 0 Å². The van der Waals surface area contributed by atoms with Crippen molar-refractivity contribution < 1.29 is 0 Å². The van der Waals surface area contributed by atoms with E-state index in [0.29, 0.717) is 22.1 Å². The molecule has 0 aliphatic heterocycles. The number of hydrogen-bond donors (Lipinski definition) is 2. The predicted octanol–water partition coefficient (Wildman–Crippen LogP) is 3.24. The van der Waals surface area contributed by atoms with Gasteiger partial charge in [-0.05, 0) is 24.6 Å². The smallest absolute Gasteiger partial charge is 0.154 e. The van der Waals surface area contributed by atoms with Crippen LogP contribution in [-0.4, -0.2) is 4.98 Å². The number of hydrogen-bond acceptors (Lipinski definition) is 4. The minimum absolute atomic E-state index is 0.319. The van der Waals surface area contributed by atoms with Crippen molar-refractivity contribution in [2.75, 3.05) is 11.1 Å². The van der Waals surface area contributed by atoms with Gasteiger partial charge in [-0.25, -0.2) is 4.98 Å². The van der Waals surface area contributed by atoms with Crippen LogP contribution in [0.4, 0.5) is 17.2 Å². The molecule has 0 spiro atoms. The van der Waals surface area contributed by atoms with Crippen LogP contribution >= 0.6 is 11.6 Å². The Bertz CT molecular complexity index is 611. The molecule has 0 saturated heterocycles. The van der Waals surface area contributed by atoms with Gasteiger partial charge in [-0.3, -0.25) is 0 Å². The molecule has 1 aromatic carbocycles. The van der Waals surface area contributed by atoms with E-state index in [9.17, 15) is 0 Å². The Kier molecular flexibility index (Phi) is 3.35. The van der Waals surface area contributed by atoms with Crippen molar-refractivity contribution in [3.8, 4) is 6.07 Å². The molecule has 1 aromatic heterocycles. The number of rotatable bonds is 2. The third-order valence-electron chi connectivity index (χ3n) is 2.58. The summed E-state index contributed by atoms with van der Waals surface area (Å²) in [6.45, 7) is 1.93. The lowest BCUT2D eigenvalue weighted by atomic mass is 10.2. The number of benzene rings is 1. The molecule has 0 aliphatic rings.